The summed E-state index contributed by atoms with van der Waals surface area (Å²) in [6, 6.07) is 7.59. The number of amides is 2. The van der Waals surface area contributed by atoms with Gasteiger partial charge in [-0.3, -0.25) is 9.59 Å². The zero-order valence-electron chi connectivity index (χ0n) is 11.5. The molecule has 0 aliphatic carbocycles. The van der Waals surface area contributed by atoms with Gasteiger partial charge in [-0.05, 0) is 31.0 Å². The fourth-order valence-electron chi connectivity index (χ4n) is 2.27. The molecule has 1 aromatic rings. The third-order valence-electron chi connectivity index (χ3n) is 3.32. The summed E-state index contributed by atoms with van der Waals surface area (Å²) in [5, 5.41) is 2.81. The number of rotatable bonds is 4. The molecule has 0 bridgehead atoms. The summed E-state index contributed by atoms with van der Waals surface area (Å²) < 4.78 is 0. The molecule has 1 aliphatic heterocycles. The molecular formula is C14H20ClN3O2. The lowest BCUT2D eigenvalue weighted by atomic mass is 10.1. The van der Waals surface area contributed by atoms with Gasteiger partial charge >= 0.3 is 0 Å². The molecule has 1 aromatic carbocycles. The number of nitrogens with two attached hydrogens (primary N) is 1. The van der Waals surface area contributed by atoms with Gasteiger partial charge in [0.15, 0.2) is 0 Å². The summed E-state index contributed by atoms with van der Waals surface area (Å²) >= 11 is 0. The molecule has 20 heavy (non-hydrogen) atoms. The maximum absolute atomic E-state index is 11.7. The number of halogens is 1. The molecule has 3 N–H and O–H groups in total. The van der Waals surface area contributed by atoms with Crippen LogP contribution in [0.4, 0.5) is 5.69 Å². The van der Waals surface area contributed by atoms with Crippen molar-refractivity contribution >= 4 is 29.9 Å². The first kappa shape index (κ1) is 16.5. The van der Waals surface area contributed by atoms with Crippen LogP contribution in [0.15, 0.2) is 24.3 Å². The van der Waals surface area contributed by atoms with Crippen LogP contribution in [0.25, 0.3) is 0 Å². The van der Waals surface area contributed by atoms with Crippen molar-refractivity contribution in [2.45, 2.75) is 25.8 Å². The van der Waals surface area contributed by atoms with Gasteiger partial charge in [-0.15, -0.1) is 12.4 Å². The van der Waals surface area contributed by atoms with E-state index in [0.717, 1.165) is 24.2 Å². The van der Waals surface area contributed by atoms with Gasteiger partial charge in [-0.1, -0.05) is 12.1 Å². The van der Waals surface area contributed by atoms with Crippen molar-refractivity contribution in [1.29, 1.82) is 0 Å². The normalized spacial score (nSPS) is 15.7. The van der Waals surface area contributed by atoms with Gasteiger partial charge in [-0.2, -0.15) is 0 Å². The van der Waals surface area contributed by atoms with Crippen LogP contribution in [0, 0.1) is 0 Å². The van der Waals surface area contributed by atoms with Crippen molar-refractivity contribution in [3.63, 3.8) is 0 Å². The lowest BCUT2D eigenvalue weighted by molar-refractivity contribution is -0.120. The van der Waals surface area contributed by atoms with Gasteiger partial charge in [0.2, 0.25) is 11.8 Å². The summed E-state index contributed by atoms with van der Waals surface area (Å²) in [5.41, 5.74) is 7.15. The monoisotopic (exact) mass is 297 g/mol. The van der Waals surface area contributed by atoms with E-state index in [1.54, 1.807) is 4.90 Å². The fraction of sp³-hybridized carbons (Fsp3) is 0.429. The summed E-state index contributed by atoms with van der Waals surface area (Å²) in [6.45, 7) is 2.65. The summed E-state index contributed by atoms with van der Waals surface area (Å²) in [5.74, 6) is -0.0223. The largest absolute Gasteiger partial charge is 0.348 e. The third-order valence-corrected chi connectivity index (χ3v) is 3.32. The van der Waals surface area contributed by atoms with Crippen LogP contribution in [-0.4, -0.2) is 24.9 Å². The SMILES string of the molecule is CC(NC(=O)CN)c1cccc(N2CCCC2=O)c1.Cl. The van der Waals surface area contributed by atoms with E-state index in [1.807, 2.05) is 31.2 Å². The van der Waals surface area contributed by atoms with E-state index in [1.165, 1.54) is 0 Å². The predicted octanol–water partition coefficient (Wildman–Crippen LogP) is 1.37. The number of nitrogens with zero attached hydrogens (tertiary/aromatic N) is 1. The van der Waals surface area contributed by atoms with Crippen molar-refractivity contribution in [2.24, 2.45) is 5.73 Å². The van der Waals surface area contributed by atoms with Crippen LogP contribution in [-0.2, 0) is 9.59 Å². The number of anilines is 1. The van der Waals surface area contributed by atoms with Crippen molar-refractivity contribution in [2.75, 3.05) is 18.0 Å². The summed E-state index contributed by atoms with van der Waals surface area (Å²) in [4.78, 5) is 24.8. The Kier molecular flexibility index (Phi) is 5.98. The number of carbonyl (C=O) groups excluding carboxylic acids is 2. The topological polar surface area (TPSA) is 75.4 Å². The van der Waals surface area contributed by atoms with E-state index in [-0.39, 0.29) is 36.8 Å². The van der Waals surface area contributed by atoms with Gasteiger partial charge in [0, 0.05) is 18.7 Å². The van der Waals surface area contributed by atoms with Crippen LogP contribution < -0.4 is 16.0 Å². The minimum absolute atomic E-state index is 0. The Hall–Kier alpha value is -1.59. The van der Waals surface area contributed by atoms with Crippen molar-refractivity contribution in [3.05, 3.63) is 29.8 Å². The average molecular weight is 298 g/mol. The molecule has 2 rings (SSSR count). The van der Waals surface area contributed by atoms with Crippen LogP contribution in [0.5, 0.6) is 0 Å². The Balaban J connectivity index is 0.00000200. The van der Waals surface area contributed by atoms with E-state index in [0.29, 0.717) is 6.42 Å². The van der Waals surface area contributed by atoms with E-state index >= 15 is 0 Å². The Labute approximate surface area is 124 Å². The number of hydrogen-bond donors (Lipinski definition) is 2. The highest BCUT2D eigenvalue weighted by Gasteiger charge is 2.22. The lowest BCUT2D eigenvalue weighted by Gasteiger charge is -2.19. The van der Waals surface area contributed by atoms with Gasteiger partial charge < -0.3 is 16.0 Å². The molecule has 1 saturated heterocycles. The van der Waals surface area contributed by atoms with Crippen LogP contribution in [0.3, 0.4) is 0 Å². The standard InChI is InChI=1S/C14H19N3O2.ClH/c1-10(16-13(18)9-15)11-4-2-5-12(8-11)17-7-3-6-14(17)19;/h2,4-5,8,10H,3,6-7,9,15H2,1H3,(H,16,18);1H. The van der Waals surface area contributed by atoms with Gasteiger partial charge in [0.25, 0.3) is 0 Å². The number of hydrogen-bond acceptors (Lipinski definition) is 3. The van der Waals surface area contributed by atoms with Crippen LogP contribution in [0.2, 0.25) is 0 Å². The maximum Gasteiger partial charge on any atom is 0.234 e. The minimum atomic E-state index is -0.185. The molecule has 0 saturated carbocycles. The molecule has 0 radical (unpaired) electrons. The molecule has 0 spiro atoms. The fourth-order valence-corrected chi connectivity index (χ4v) is 2.27. The first-order chi connectivity index (χ1) is 9.11. The number of carbonyl (C=O) groups is 2. The van der Waals surface area contributed by atoms with Crippen molar-refractivity contribution < 1.29 is 9.59 Å². The quantitative estimate of drug-likeness (QED) is 0.881. The second-order valence-corrected chi connectivity index (χ2v) is 4.74. The molecule has 1 unspecified atom stereocenters. The van der Waals surface area contributed by atoms with Crippen molar-refractivity contribution in [1.82, 2.24) is 5.32 Å². The average Bonchev–Trinajstić information content (AvgIpc) is 2.85. The van der Waals surface area contributed by atoms with E-state index in [9.17, 15) is 9.59 Å². The Morgan fingerprint density at radius 3 is 2.85 bits per heavy atom. The van der Waals surface area contributed by atoms with E-state index in [4.69, 9.17) is 5.73 Å². The zero-order chi connectivity index (χ0) is 13.8. The molecule has 2 amide bonds. The first-order valence-electron chi connectivity index (χ1n) is 6.51. The molecule has 1 heterocycles. The van der Waals surface area contributed by atoms with Gasteiger partial charge in [0.05, 0.1) is 12.6 Å². The predicted molar refractivity (Wildman–Crippen MR) is 80.9 cm³/mol. The second kappa shape index (κ2) is 7.26. The third kappa shape index (κ3) is 3.71. The Bertz CT molecular complexity index is 493. The molecule has 1 fully saturated rings. The number of benzene rings is 1. The Morgan fingerprint density at radius 1 is 1.50 bits per heavy atom. The minimum Gasteiger partial charge on any atom is -0.348 e. The molecule has 6 heteroatoms. The van der Waals surface area contributed by atoms with E-state index in [2.05, 4.69) is 5.32 Å². The highest BCUT2D eigenvalue weighted by atomic mass is 35.5. The molecule has 0 aromatic heterocycles. The van der Waals surface area contributed by atoms with Gasteiger partial charge in [-0.25, -0.2) is 0 Å². The molecule has 1 atom stereocenters. The van der Waals surface area contributed by atoms with Crippen LogP contribution >= 0.6 is 12.4 Å². The van der Waals surface area contributed by atoms with Crippen molar-refractivity contribution in [3.8, 4) is 0 Å². The molecule has 1 aliphatic rings. The lowest BCUT2D eigenvalue weighted by Crippen LogP contribution is -2.32. The summed E-state index contributed by atoms with van der Waals surface area (Å²) in [6.07, 6.45) is 1.52. The maximum atomic E-state index is 11.7. The van der Waals surface area contributed by atoms with Gasteiger partial charge in [0.1, 0.15) is 0 Å². The molecule has 5 nitrogen and oxygen atoms in total. The molecule has 110 valence electrons. The van der Waals surface area contributed by atoms with E-state index < -0.39 is 0 Å². The second-order valence-electron chi connectivity index (χ2n) is 4.74. The molecular weight excluding hydrogens is 278 g/mol. The van der Waals surface area contributed by atoms with Crippen LogP contribution in [0.1, 0.15) is 31.4 Å². The summed E-state index contributed by atoms with van der Waals surface area (Å²) in [7, 11) is 0. The highest BCUT2D eigenvalue weighted by molar-refractivity contribution is 5.95. The smallest absolute Gasteiger partial charge is 0.234 e. The number of nitrogens with one attached hydrogen (secondary N) is 1. The highest BCUT2D eigenvalue weighted by Crippen LogP contribution is 2.24. The zero-order valence-corrected chi connectivity index (χ0v) is 12.3. The first-order valence-corrected chi connectivity index (χ1v) is 6.51. The Morgan fingerprint density at radius 2 is 2.25 bits per heavy atom.